The molecule has 0 atom stereocenters. The first-order valence-electron chi connectivity index (χ1n) is 0. The summed E-state index contributed by atoms with van der Waals surface area (Å²) in [4.78, 5) is 0. The van der Waals surface area contributed by atoms with E-state index in [0.29, 0.717) is 0 Å². The predicted molar refractivity (Wildman–Crippen MR) is 45.1 cm³/mol. The maximum Gasteiger partial charge on any atom is 3.00 e. The third-order valence-electron chi connectivity index (χ3n) is 0. The van der Waals surface area contributed by atoms with E-state index >= 15 is 0 Å². The molecule has 9 heavy (non-hydrogen) atoms. The molecule has 0 fully saturated rings. The van der Waals surface area contributed by atoms with Crippen LogP contribution in [0.2, 0.25) is 0 Å². The molecular weight excluding hydrogens is 611 g/mol. The molecule has 0 aromatic heterocycles. The van der Waals surface area contributed by atoms with Gasteiger partial charge in [-0.1, -0.05) is 0 Å². The van der Waals surface area contributed by atoms with E-state index in [1.807, 2.05) is 0 Å². The molecule has 0 rings (SSSR count). The fourth-order valence-electron chi connectivity index (χ4n) is 0. The Kier molecular flexibility index (Phi) is 823. The van der Waals surface area contributed by atoms with E-state index in [2.05, 4.69) is 0 Å². The molecule has 0 saturated heterocycles. The fraction of sp³-hybridized carbons (Fsp3) is 0. The van der Waals surface area contributed by atoms with Crippen molar-refractivity contribution >= 4 is 126 Å². The molecule has 0 amide bonds. The maximum absolute atomic E-state index is 0. The summed E-state index contributed by atoms with van der Waals surface area (Å²) in [6, 6.07) is 0. The number of hydrogen-bond donors (Lipinski definition) is 0. The van der Waals surface area contributed by atoms with Crippen molar-refractivity contribution in [1.29, 1.82) is 0 Å². The van der Waals surface area contributed by atoms with Crippen molar-refractivity contribution < 1.29 is 34.1 Å². The molecule has 0 N–H and O–H groups in total. The summed E-state index contributed by atoms with van der Waals surface area (Å²) in [5.74, 6) is 0. The standard InChI is InChI=1S/2Cu.2In.3S.2Se/q;;2*+3;3*-2;;. The number of hydrogen-bond acceptors (Lipinski definition) is 0. The summed E-state index contributed by atoms with van der Waals surface area (Å²) < 4.78 is 0. The van der Waals surface area contributed by atoms with Crippen LogP contribution < -0.4 is 0 Å². The van der Waals surface area contributed by atoms with Gasteiger partial charge in [0.2, 0.25) is 0 Å². The molecule has 0 aromatic rings. The topological polar surface area (TPSA) is 0 Å². The quantitative estimate of drug-likeness (QED) is 0.292. The van der Waals surface area contributed by atoms with Gasteiger partial charge in [0.1, 0.15) is 0 Å². The Morgan fingerprint density at radius 1 is 0.444 bits per heavy atom. The van der Waals surface area contributed by atoms with Crippen molar-refractivity contribution in [3.8, 4) is 0 Å². The molecule has 0 aliphatic heterocycles. The van der Waals surface area contributed by atoms with Gasteiger partial charge in [0.05, 0.1) is 0 Å². The van der Waals surface area contributed by atoms with Gasteiger partial charge in [0, 0.05) is 68.3 Å². The Balaban J connectivity index is 0. The van der Waals surface area contributed by atoms with Crippen molar-refractivity contribution in [2.45, 2.75) is 0 Å². The van der Waals surface area contributed by atoms with Gasteiger partial charge in [0.25, 0.3) is 0 Å². The smallest absolute Gasteiger partial charge is 2.00 e. The number of rotatable bonds is 0. The van der Waals surface area contributed by atoms with E-state index in [0.717, 1.165) is 0 Å². The molecule has 0 nitrogen and oxygen atoms in total. The first-order valence-corrected chi connectivity index (χ1v) is 0. The van der Waals surface area contributed by atoms with Crippen LogP contribution in [-0.4, -0.2) is 85.8 Å². The van der Waals surface area contributed by atoms with Crippen LogP contribution in [0.3, 0.4) is 0 Å². The minimum atomic E-state index is 0. The van der Waals surface area contributed by atoms with Crippen LogP contribution in [0, 0.1) is 0 Å². The van der Waals surface area contributed by atoms with Gasteiger partial charge in [0.15, 0.2) is 0 Å². The zero-order chi connectivity index (χ0) is 0. The largest absolute Gasteiger partial charge is 3.00 e. The molecule has 0 spiro atoms. The molecule has 0 aliphatic carbocycles. The summed E-state index contributed by atoms with van der Waals surface area (Å²) >= 11 is 0. The average Bonchev–Trinajstić information content (AvgIpc) is 0. The van der Waals surface area contributed by atoms with Crippen LogP contribution in [0.5, 0.6) is 0 Å². The van der Waals surface area contributed by atoms with E-state index < -0.39 is 0 Å². The van der Waals surface area contributed by atoms with Crippen LogP contribution in [0.15, 0.2) is 0 Å². The first kappa shape index (κ1) is 96.9. The van der Waals surface area contributed by atoms with Crippen molar-refractivity contribution in [2.24, 2.45) is 0 Å². The first-order chi connectivity index (χ1) is 0. The monoisotopic (exact) mass is 611 g/mol. The molecule has 6 radical (unpaired) electrons. The molecule has 0 aliphatic rings. The summed E-state index contributed by atoms with van der Waals surface area (Å²) in [6.07, 6.45) is 0. The average molecular weight is 611 g/mol. The molecule has 9 heteroatoms. The van der Waals surface area contributed by atoms with Crippen LogP contribution in [0.25, 0.3) is 0 Å². The third kappa shape index (κ3) is 64.1. The van der Waals surface area contributed by atoms with Crippen molar-refractivity contribution in [3.63, 3.8) is 0 Å². The van der Waals surface area contributed by atoms with E-state index in [-0.39, 0.29) is 160 Å². The van der Waals surface area contributed by atoms with Crippen molar-refractivity contribution in [3.05, 3.63) is 0 Å². The summed E-state index contributed by atoms with van der Waals surface area (Å²) in [5.41, 5.74) is 0. The van der Waals surface area contributed by atoms with Crippen LogP contribution in [0.1, 0.15) is 0 Å². The normalized spacial score (nSPS) is 0. The second-order valence-electron chi connectivity index (χ2n) is 0. The van der Waals surface area contributed by atoms with Crippen LogP contribution in [0.4, 0.5) is 0 Å². The Morgan fingerprint density at radius 3 is 0.444 bits per heavy atom. The van der Waals surface area contributed by atoms with E-state index in [9.17, 15) is 0 Å². The summed E-state index contributed by atoms with van der Waals surface area (Å²) in [6.45, 7) is 0. The summed E-state index contributed by atoms with van der Waals surface area (Å²) in [5, 5.41) is 0. The van der Waals surface area contributed by atoms with E-state index in [4.69, 9.17) is 0 Å². The summed E-state index contributed by atoms with van der Waals surface area (Å²) in [7, 11) is 0. The van der Waals surface area contributed by atoms with Crippen molar-refractivity contribution in [2.75, 3.05) is 0 Å². The van der Waals surface area contributed by atoms with Gasteiger partial charge < -0.3 is 40.5 Å². The zero-order valence-electron chi connectivity index (χ0n) is 3.80. The van der Waals surface area contributed by atoms with Gasteiger partial charge >= 0.3 is 51.7 Å². The van der Waals surface area contributed by atoms with Gasteiger partial charge in [-0.2, -0.15) is 0 Å². The minimum Gasteiger partial charge on any atom is -2.00 e. The molecule has 0 bridgehead atoms. The van der Waals surface area contributed by atoms with Crippen LogP contribution in [-0.2, 0) is 74.6 Å². The van der Waals surface area contributed by atoms with Gasteiger partial charge in [-0.05, 0) is 0 Å². The molecule has 0 aromatic carbocycles. The Bertz CT molecular complexity index is 17.8. The van der Waals surface area contributed by atoms with Crippen LogP contribution >= 0.6 is 0 Å². The van der Waals surface area contributed by atoms with E-state index in [1.54, 1.807) is 0 Å². The molecule has 0 heterocycles. The maximum atomic E-state index is 0. The van der Waals surface area contributed by atoms with E-state index in [1.165, 1.54) is 0 Å². The van der Waals surface area contributed by atoms with Gasteiger partial charge in [-0.15, -0.1) is 0 Å². The Morgan fingerprint density at radius 2 is 0.444 bits per heavy atom. The second kappa shape index (κ2) is 76.5. The predicted octanol–water partition coefficient (Wildman–Crippen LogP) is -1.54. The second-order valence-corrected chi connectivity index (χ2v) is 0. The van der Waals surface area contributed by atoms with Crippen molar-refractivity contribution in [1.82, 2.24) is 0 Å². The Labute approximate surface area is 157 Å². The van der Waals surface area contributed by atoms with Gasteiger partial charge in [-0.25, -0.2) is 0 Å². The SMILES string of the molecule is [Cu].[Cu].[In+3].[In+3].[S-2].[S-2].[S-2].[Se].[Se]. The molecular formula is Cu2In2S3Se2. The van der Waals surface area contributed by atoms with Gasteiger partial charge in [-0.3, -0.25) is 0 Å². The minimum absolute atomic E-state index is 0. The fourth-order valence-corrected chi connectivity index (χ4v) is 0. The third-order valence-corrected chi connectivity index (χ3v) is 0. The Hall–Kier alpha value is 4.87. The molecule has 0 saturated carbocycles. The molecule has 58 valence electrons. The molecule has 0 unspecified atom stereocenters. The zero-order valence-corrected chi connectivity index (χ0v) is 18.1.